The van der Waals surface area contributed by atoms with E-state index in [2.05, 4.69) is 13.0 Å². The van der Waals surface area contributed by atoms with E-state index in [0.29, 0.717) is 5.92 Å². The summed E-state index contributed by atoms with van der Waals surface area (Å²) in [5, 5.41) is 8.93. The molecule has 0 aromatic heterocycles. The third-order valence-corrected chi connectivity index (χ3v) is 5.21. The van der Waals surface area contributed by atoms with Gasteiger partial charge in [0.05, 0.1) is 6.07 Å². The van der Waals surface area contributed by atoms with Crippen LogP contribution in [0.25, 0.3) is 0 Å². The van der Waals surface area contributed by atoms with E-state index in [0.717, 1.165) is 17.8 Å². The molecule has 1 heteroatoms. The minimum absolute atomic E-state index is 0.377. The van der Waals surface area contributed by atoms with Crippen LogP contribution in [0.15, 0.2) is 0 Å². The predicted molar refractivity (Wildman–Crippen MR) is 71.4 cm³/mol. The van der Waals surface area contributed by atoms with E-state index < -0.39 is 0 Å². The van der Waals surface area contributed by atoms with Crippen LogP contribution in [0.1, 0.15) is 71.1 Å². The molecule has 0 aromatic carbocycles. The smallest absolute Gasteiger partial charge is 0.0655 e. The number of hydrogen-bond donors (Lipinski definition) is 0. The molecule has 0 N–H and O–H groups in total. The fourth-order valence-corrected chi connectivity index (χ4v) is 4.08. The summed E-state index contributed by atoms with van der Waals surface area (Å²) >= 11 is 0. The summed E-state index contributed by atoms with van der Waals surface area (Å²) in [5.41, 5.74) is 0. The van der Waals surface area contributed by atoms with Crippen molar-refractivity contribution in [2.75, 3.05) is 0 Å². The Labute approximate surface area is 107 Å². The quantitative estimate of drug-likeness (QED) is 0.678. The second-order valence-corrected chi connectivity index (χ2v) is 6.31. The highest BCUT2D eigenvalue weighted by Gasteiger charge is 2.30. The van der Waals surface area contributed by atoms with Crippen LogP contribution < -0.4 is 0 Å². The van der Waals surface area contributed by atoms with Gasteiger partial charge in [0.1, 0.15) is 0 Å². The van der Waals surface area contributed by atoms with E-state index in [1.807, 2.05) is 0 Å². The molecule has 0 radical (unpaired) electrons. The molecule has 2 aliphatic rings. The third kappa shape index (κ3) is 3.47. The molecule has 0 bridgehead atoms. The highest BCUT2D eigenvalue weighted by atomic mass is 14.4. The molecule has 0 amide bonds. The first kappa shape index (κ1) is 12.9. The maximum absolute atomic E-state index is 8.93. The molecule has 0 spiro atoms. The Hall–Kier alpha value is -0.510. The van der Waals surface area contributed by atoms with Crippen molar-refractivity contribution >= 4 is 0 Å². The first-order valence-corrected chi connectivity index (χ1v) is 7.73. The Balaban J connectivity index is 1.72. The van der Waals surface area contributed by atoms with Gasteiger partial charge >= 0.3 is 0 Å². The molecule has 0 unspecified atom stereocenters. The minimum atomic E-state index is 0.377. The van der Waals surface area contributed by atoms with Crippen LogP contribution in [0.3, 0.4) is 0 Å². The van der Waals surface area contributed by atoms with Crippen LogP contribution in [-0.4, -0.2) is 0 Å². The summed E-state index contributed by atoms with van der Waals surface area (Å²) in [6.45, 7) is 2.31. The predicted octanol–water partition coefficient (Wildman–Crippen LogP) is 4.92. The van der Waals surface area contributed by atoms with Crippen LogP contribution in [0.2, 0.25) is 0 Å². The van der Waals surface area contributed by atoms with Crippen LogP contribution in [0, 0.1) is 35.0 Å². The van der Waals surface area contributed by atoms with Crippen molar-refractivity contribution in [3.8, 4) is 6.07 Å². The molecular formula is C16H27N. The molecule has 17 heavy (non-hydrogen) atoms. The van der Waals surface area contributed by atoms with Gasteiger partial charge in [-0.1, -0.05) is 32.6 Å². The molecule has 2 aliphatic carbocycles. The van der Waals surface area contributed by atoms with Crippen molar-refractivity contribution in [3.05, 3.63) is 0 Å². The van der Waals surface area contributed by atoms with Gasteiger partial charge in [-0.15, -0.1) is 0 Å². The lowest BCUT2D eigenvalue weighted by Gasteiger charge is -2.36. The summed E-state index contributed by atoms with van der Waals surface area (Å²) in [7, 11) is 0. The molecule has 0 aliphatic heterocycles. The van der Waals surface area contributed by atoms with Gasteiger partial charge in [-0.3, -0.25) is 0 Å². The van der Waals surface area contributed by atoms with Crippen molar-refractivity contribution in [2.45, 2.75) is 71.1 Å². The van der Waals surface area contributed by atoms with Gasteiger partial charge in [-0.05, 0) is 56.3 Å². The lowest BCUT2D eigenvalue weighted by molar-refractivity contribution is 0.153. The second-order valence-electron chi connectivity index (χ2n) is 6.31. The Morgan fingerprint density at radius 3 is 1.88 bits per heavy atom. The van der Waals surface area contributed by atoms with Crippen molar-refractivity contribution in [2.24, 2.45) is 23.7 Å². The van der Waals surface area contributed by atoms with Gasteiger partial charge in [-0.2, -0.15) is 5.26 Å². The number of hydrogen-bond acceptors (Lipinski definition) is 1. The fourth-order valence-electron chi connectivity index (χ4n) is 4.08. The highest BCUT2D eigenvalue weighted by Crippen LogP contribution is 2.41. The first-order valence-electron chi connectivity index (χ1n) is 7.73. The summed E-state index contributed by atoms with van der Waals surface area (Å²) in [6.07, 6.45) is 13.8. The first-order chi connectivity index (χ1) is 8.33. The standard InChI is InChI=1S/C16H27N/c1-2-3-13-4-8-15(9-5-13)16-10-6-14(12-17)7-11-16/h13-16H,2-11H2,1H3/t13-,14-,15-,16-. The zero-order valence-corrected chi connectivity index (χ0v) is 11.3. The van der Waals surface area contributed by atoms with Crippen LogP contribution in [-0.2, 0) is 0 Å². The molecule has 1 nitrogen and oxygen atoms in total. The van der Waals surface area contributed by atoms with Gasteiger partial charge in [0.2, 0.25) is 0 Å². The zero-order chi connectivity index (χ0) is 12.1. The minimum Gasteiger partial charge on any atom is -0.198 e. The lowest BCUT2D eigenvalue weighted by Crippen LogP contribution is -2.25. The lowest BCUT2D eigenvalue weighted by atomic mass is 9.69. The number of rotatable bonds is 3. The highest BCUT2D eigenvalue weighted by molar-refractivity contribution is 4.89. The number of nitrogens with zero attached hydrogens (tertiary/aromatic N) is 1. The Bertz CT molecular complexity index is 249. The Morgan fingerprint density at radius 1 is 0.882 bits per heavy atom. The molecule has 2 rings (SSSR count). The second kappa shape index (κ2) is 6.43. The Morgan fingerprint density at radius 2 is 1.41 bits per heavy atom. The summed E-state index contributed by atoms with van der Waals surface area (Å²) in [6, 6.07) is 2.45. The van der Waals surface area contributed by atoms with E-state index >= 15 is 0 Å². The maximum atomic E-state index is 8.93. The largest absolute Gasteiger partial charge is 0.198 e. The summed E-state index contributed by atoms with van der Waals surface area (Å²) in [4.78, 5) is 0. The van der Waals surface area contributed by atoms with Crippen molar-refractivity contribution < 1.29 is 0 Å². The van der Waals surface area contributed by atoms with Gasteiger partial charge in [-0.25, -0.2) is 0 Å². The SMILES string of the molecule is CCC[C@H]1CC[C@H]([C@H]2CC[C@H](C#N)CC2)CC1. The molecule has 0 saturated heterocycles. The molecule has 0 atom stereocenters. The topological polar surface area (TPSA) is 23.8 Å². The molecular weight excluding hydrogens is 206 g/mol. The average Bonchev–Trinajstić information content (AvgIpc) is 2.40. The zero-order valence-electron chi connectivity index (χ0n) is 11.3. The molecule has 96 valence electrons. The molecule has 0 aromatic rings. The van der Waals surface area contributed by atoms with Crippen molar-refractivity contribution in [1.29, 1.82) is 5.26 Å². The molecule has 2 fully saturated rings. The van der Waals surface area contributed by atoms with E-state index in [-0.39, 0.29) is 0 Å². The van der Waals surface area contributed by atoms with Gasteiger partial charge in [0, 0.05) is 5.92 Å². The maximum Gasteiger partial charge on any atom is 0.0655 e. The van der Waals surface area contributed by atoms with Crippen molar-refractivity contribution in [1.82, 2.24) is 0 Å². The van der Waals surface area contributed by atoms with Crippen LogP contribution in [0.4, 0.5) is 0 Å². The Kier molecular flexibility index (Phi) is 4.89. The van der Waals surface area contributed by atoms with E-state index in [1.165, 1.54) is 64.2 Å². The van der Waals surface area contributed by atoms with Gasteiger partial charge in [0.15, 0.2) is 0 Å². The summed E-state index contributed by atoms with van der Waals surface area (Å²) < 4.78 is 0. The average molecular weight is 233 g/mol. The molecule has 0 heterocycles. The van der Waals surface area contributed by atoms with Gasteiger partial charge in [0.25, 0.3) is 0 Å². The van der Waals surface area contributed by atoms with Gasteiger partial charge < -0.3 is 0 Å². The summed E-state index contributed by atoms with van der Waals surface area (Å²) in [5.74, 6) is 3.37. The number of nitriles is 1. The van der Waals surface area contributed by atoms with Crippen LogP contribution >= 0.6 is 0 Å². The fraction of sp³-hybridized carbons (Fsp3) is 0.938. The van der Waals surface area contributed by atoms with Crippen molar-refractivity contribution in [3.63, 3.8) is 0 Å². The molecule has 2 saturated carbocycles. The van der Waals surface area contributed by atoms with Crippen LogP contribution in [0.5, 0.6) is 0 Å². The van der Waals surface area contributed by atoms with E-state index in [1.54, 1.807) is 0 Å². The normalized spacial score (nSPS) is 38.6. The third-order valence-electron chi connectivity index (χ3n) is 5.21. The monoisotopic (exact) mass is 233 g/mol. The van der Waals surface area contributed by atoms with E-state index in [4.69, 9.17) is 5.26 Å². The van der Waals surface area contributed by atoms with E-state index in [9.17, 15) is 0 Å².